The summed E-state index contributed by atoms with van der Waals surface area (Å²) in [6, 6.07) is 34.3. The van der Waals surface area contributed by atoms with Crippen LogP contribution in [0.25, 0.3) is 78.3 Å². The van der Waals surface area contributed by atoms with Gasteiger partial charge in [-0.2, -0.15) is 0 Å². The van der Waals surface area contributed by atoms with E-state index >= 15 is 0 Å². The van der Waals surface area contributed by atoms with Gasteiger partial charge in [0, 0.05) is 53.6 Å². The Labute approximate surface area is 226 Å². The van der Waals surface area contributed by atoms with Gasteiger partial charge in [0.25, 0.3) is 0 Å². The average Bonchev–Trinajstić information content (AvgIpc) is 3.68. The molecular weight excluding hydrogens is 547 g/mol. The number of fused-ring (bicyclic) bond motifs is 14. The fourth-order valence-corrected chi connectivity index (χ4v) is 5.33. The fraction of sp³-hybridized carbons (Fsp3) is 0. The molecular formula is C32H20N4Pd. The van der Waals surface area contributed by atoms with Crippen LogP contribution in [0.5, 0.6) is 0 Å². The number of H-pyrrole nitrogens is 2. The van der Waals surface area contributed by atoms with Crippen molar-refractivity contribution in [2.24, 2.45) is 0 Å². The summed E-state index contributed by atoms with van der Waals surface area (Å²) in [6.45, 7) is 0. The number of aromatic nitrogens is 4. The molecule has 0 spiro atoms. The van der Waals surface area contributed by atoms with Crippen LogP contribution in [-0.2, 0) is 20.4 Å². The van der Waals surface area contributed by atoms with Crippen LogP contribution < -0.4 is 0 Å². The number of hydrogen-bond donors (Lipinski definition) is 2. The largest absolute Gasteiger partial charge is 0.355 e. The summed E-state index contributed by atoms with van der Waals surface area (Å²) in [5.74, 6) is 0. The van der Waals surface area contributed by atoms with Crippen LogP contribution >= 0.6 is 0 Å². The molecule has 2 N–H and O–H groups in total. The van der Waals surface area contributed by atoms with Crippen molar-refractivity contribution in [3.63, 3.8) is 0 Å². The van der Waals surface area contributed by atoms with Gasteiger partial charge in [0.15, 0.2) is 0 Å². The number of benzene rings is 3. The van der Waals surface area contributed by atoms with Crippen LogP contribution in [-0.4, -0.2) is 19.9 Å². The first-order valence-corrected chi connectivity index (χ1v) is 12.1. The van der Waals surface area contributed by atoms with Gasteiger partial charge in [0.05, 0.1) is 22.8 Å². The molecule has 0 saturated heterocycles. The van der Waals surface area contributed by atoms with Crippen LogP contribution in [0.2, 0.25) is 0 Å². The second-order valence-corrected chi connectivity index (χ2v) is 9.40. The van der Waals surface area contributed by atoms with Crippen molar-refractivity contribution in [3.8, 4) is 22.5 Å². The Morgan fingerprint density at radius 1 is 0.486 bits per heavy atom. The van der Waals surface area contributed by atoms with Crippen LogP contribution in [0.1, 0.15) is 11.4 Å². The molecule has 6 aromatic rings. The number of hydrogen-bond acceptors (Lipinski definition) is 2. The van der Waals surface area contributed by atoms with E-state index in [0.717, 1.165) is 50.4 Å². The average molecular weight is 567 g/mol. The molecule has 2 aliphatic rings. The molecule has 5 heterocycles. The zero-order valence-corrected chi connectivity index (χ0v) is 21.2. The molecule has 0 unspecified atom stereocenters. The monoisotopic (exact) mass is 566 g/mol. The maximum atomic E-state index is 5.14. The molecule has 5 heteroatoms. The number of nitrogens with one attached hydrogen (secondary N) is 2. The van der Waals surface area contributed by atoms with Crippen molar-refractivity contribution >= 4 is 55.8 Å². The van der Waals surface area contributed by atoms with Gasteiger partial charge < -0.3 is 9.97 Å². The van der Waals surface area contributed by atoms with Gasteiger partial charge in [-0.25, -0.2) is 9.97 Å². The van der Waals surface area contributed by atoms with Crippen LogP contribution in [0.15, 0.2) is 97.1 Å². The summed E-state index contributed by atoms with van der Waals surface area (Å²) in [7, 11) is 0. The Bertz CT molecular complexity index is 2060. The summed E-state index contributed by atoms with van der Waals surface area (Å²) in [5, 5.41) is 4.91. The Hall–Kier alpha value is -4.30. The second-order valence-electron chi connectivity index (χ2n) is 9.40. The fourth-order valence-electron chi connectivity index (χ4n) is 5.33. The topological polar surface area (TPSA) is 57.4 Å². The van der Waals surface area contributed by atoms with Crippen molar-refractivity contribution in [1.29, 1.82) is 0 Å². The molecule has 2 aliphatic heterocycles. The molecule has 0 atom stereocenters. The molecule has 0 radical (unpaired) electrons. The van der Waals surface area contributed by atoms with E-state index in [9.17, 15) is 0 Å². The molecule has 8 bridgehead atoms. The van der Waals surface area contributed by atoms with Crippen LogP contribution in [0.3, 0.4) is 0 Å². The van der Waals surface area contributed by atoms with Gasteiger partial charge in [-0.05, 0) is 94.4 Å². The van der Waals surface area contributed by atoms with Gasteiger partial charge >= 0.3 is 0 Å². The Morgan fingerprint density at radius 3 is 1.76 bits per heavy atom. The standard InChI is InChI=1S/C32H20N4.Pd/c1-2-4-20-14-29-21(13-19(20)3-1)5-12-28-30-17-26-10-8-24(34-26)15-22-6-7-23(33-22)16-25-9-11-27(35-25)18-31(36-30)32(28)29;/h1-18,34-35H;. The van der Waals surface area contributed by atoms with E-state index in [-0.39, 0.29) is 20.4 Å². The number of nitrogens with zero attached hydrogens (tertiary/aromatic N) is 2. The van der Waals surface area contributed by atoms with E-state index in [1.807, 2.05) is 12.2 Å². The molecule has 3 aromatic heterocycles. The van der Waals surface area contributed by atoms with E-state index < -0.39 is 0 Å². The maximum Gasteiger partial charge on any atom is 0.0743 e. The van der Waals surface area contributed by atoms with Gasteiger partial charge in [0.2, 0.25) is 0 Å². The maximum absolute atomic E-state index is 5.14. The summed E-state index contributed by atoms with van der Waals surface area (Å²) in [5.41, 5.74) is 10.1. The summed E-state index contributed by atoms with van der Waals surface area (Å²) >= 11 is 0. The summed E-state index contributed by atoms with van der Waals surface area (Å²) in [4.78, 5) is 16.9. The molecule has 0 amide bonds. The molecule has 37 heavy (non-hydrogen) atoms. The Balaban J connectivity index is 0.00000231. The van der Waals surface area contributed by atoms with Gasteiger partial charge in [-0.15, -0.1) is 0 Å². The second kappa shape index (κ2) is 8.38. The minimum Gasteiger partial charge on any atom is -0.355 e. The third-order valence-electron chi connectivity index (χ3n) is 7.00. The van der Waals surface area contributed by atoms with E-state index in [4.69, 9.17) is 9.97 Å². The van der Waals surface area contributed by atoms with Gasteiger partial charge in [-0.3, -0.25) is 0 Å². The van der Waals surface area contributed by atoms with Crippen LogP contribution in [0, 0.1) is 0 Å². The Kier molecular flexibility index (Phi) is 4.97. The minimum atomic E-state index is 0. The third kappa shape index (κ3) is 3.72. The first-order valence-electron chi connectivity index (χ1n) is 12.1. The van der Waals surface area contributed by atoms with Crippen LogP contribution in [0.4, 0.5) is 0 Å². The van der Waals surface area contributed by atoms with E-state index in [2.05, 4.69) is 107 Å². The van der Waals surface area contributed by atoms with E-state index in [1.54, 1.807) is 0 Å². The predicted octanol–water partition coefficient (Wildman–Crippen LogP) is 8.12. The first-order chi connectivity index (χ1) is 17.7. The minimum absolute atomic E-state index is 0. The molecule has 4 nitrogen and oxygen atoms in total. The van der Waals surface area contributed by atoms with Gasteiger partial charge in [-0.1, -0.05) is 36.4 Å². The SMILES string of the molecule is C1=Cc2cc3ccc(cc4nc(cc5ccc(cc1n2)[nH]5)-c1ccc2cc5ccccc5cc2c1-4)[nH]3.[Pd]. The van der Waals surface area contributed by atoms with Crippen molar-refractivity contribution in [3.05, 3.63) is 108 Å². The molecule has 0 fully saturated rings. The van der Waals surface area contributed by atoms with Crippen molar-refractivity contribution in [1.82, 2.24) is 19.9 Å². The normalized spacial score (nSPS) is 12.0. The van der Waals surface area contributed by atoms with Crippen molar-refractivity contribution in [2.45, 2.75) is 0 Å². The number of aromatic amines is 2. The smallest absolute Gasteiger partial charge is 0.0743 e. The van der Waals surface area contributed by atoms with E-state index in [1.165, 1.54) is 27.1 Å². The molecule has 8 rings (SSSR count). The molecule has 0 aliphatic carbocycles. The summed E-state index contributed by atoms with van der Waals surface area (Å²) in [6.07, 6.45) is 4.08. The van der Waals surface area contributed by atoms with Crippen molar-refractivity contribution in [2.75, 3.05) is 0 Å². The molecule has 3 aromatic carbocycles. The quantitative estimate of drug-likeness (QED) is 0.144. The first kappa shape index (κ1) is 21.9. The Morgan fingerprint density at radius 2 is 1.08 bits per heavy atom. The zero-order valence-electron chi connectivity index (χ0n) is 19.6. The number of rotatable bonds is 0. The third-order valence-corrected chi connectivity index (χ3v) is 7.00. The predicted molar refractivity (Wildman–Crippen MR) is 149 cm³/mol. The van der Waals surface area contributed by atoms with Crippen molar-refractivity contribution < 1.29 is 20.4 Å². The molecule has 178 valence electrons. The molecule has 0 saturated carbocycles. The summed E-state index contributed by atoms with van der Waals surface area (Å²) < 4.78 is 0. The van der Waals surface area contributed by atoms with E-state index in [0.29, 0.717) is 0 Å². The zero-order chi connectivity index (χ0) is 23.6. The van der Waals surface area contributed by atoms with Gasteiger partial charge in [0.1, 0.15) is 0 Å².